The normalized spacial score (nSPS) is 17.1. The standard InChI is InChI=1S/C23H24N4OS2/c28-22(11-14-29-16-17-15-26-12-5-4-10-21(26)24-17)27-13-6-3-8-19(27)23-25-18-7-1-2-9-20(18)30-23/h1-2,4-5,7,9-10,12,15,19H,3,6,8,11,13-14,16H2/t19-/m0/s1. The van der Waals surface area contributed by atoms with E-state index in [4.69, 9.17) is 4.98 Å². The molecule has 0 spiro atoms. The number of imidazole rings is 1. The Morgan fingerprint density at radius 1 is 1.13 bits per heavy atom. The van der Waals surface area contributed by atoms with Crippen LogP contribution in [0.4, 0.5) is 0 Å². The first kappa shape index (κ1) is 19.6. The van der Waals surface area contributed by atoms with Crippen LogP contribution < -0.4 is 0 Å². The predicted molar refractivity (Wildman–Crippen MR) is 124 cm³/mol. The summed E-state index contributed by atoms with van der Waals surface area (Å²) in [6, 6.07) is 14.4. The Labute approximate surface area is 184 Å². The van der Waals surface area contributed by atoms with Crippen molar-refractivity contribution < 1.29 is 4.79 Å². The summed E-state index contributed by atoms with van der Waals surface area (Å²) in [5.74, 6) is 1.90. The number of piperidine rings is 1. The van der Waals surface area contributed by atoms with E-state index in [1.54, 1.807) is 23.1 Å². The smallest absolute Gasteiger partial charge is 0.223 e. The lowest BCUT2D eigenvalue weighted by atomic mass is 10.0. The number of benzene rings is 1. The van der Waals surface area contributed by atoms with Gasteiger partial charge in [0.1, 0.15) is 10.7 Å². The number of hydrogen-bond donors (Lipinski definition) is 0. The van der Waals surface area contributed by atoms with E-state index < -0.39 is 0 Å². The van der Waals surface area contributed by atoms with Crippen LogP contribution in [0.25, 0.3) is 15.9 Å². The highest BCUT2D eigenvalue weighted by Crippen LogP contribution is 2.36. The van der Waals surface area contributed by atoms with Crippen molar-refractivity contribution in [1.82, 2.24) is 19.3 Å². The van der Waals surface area contributed by atoms with Crippen LogP contribution in [0.15, 0.2) is 54.9 Å². The maximum Gasteiger partial charge on any atom is 0.223 e. The fraction of sp³-hybridized carbons (Fsp3) is 0.348. The van der Waals surface area contributed by atoms with Crippen molar-refractivity contribution in [1.29, 1.82) is 0 Å². The van der Waals surface area contributed by atoms with Gasteiger partial charge in [0.15, 0.2) is 0 Å². The molecule has 0 N–H and O–H groups in total. The lowest BCUT2D eigenvalue weighted by Crippen LogP contribution is -2.38. The van der Waals surface area contributed by atoms with E-state index in [0.717, 1.165) is 59.2 Å². The summed E-state index contributed by atoms with van der Waals surface area (Å²) in [6.45, 7) is 0.844. The molecule has 1 amide bonds. The number of nitrogens with zero attached hydrogens (tertiary/aromatic N) is 4. The summed E-state index contributed by atoms with van der Waals surface area (Å²) in [5, 5.41) is 1.08. The Hall–Kier alpha value is -2.38. The van der Waals surface area contributed by atoms with Crippen molar-refractivity contribution in [3.05, 3.63) is 65.6 Å². The monoisotopic (exact) mass is 436 g/mol. The lowest BCUT2D eigenvalue weighted by molar-refractivity contribution is -0.134. The van der Waals surface area contributed by atoms with Crippen molar-refractivity contribution in [2.24, 2.45) is 0 Å². The highest BCUT2D eigenvalue weighted by atomic mass is 32.2. The molecule has 30 heavy (non-hydrogen) atoms. The molecule has 0 unspecified atom stereocenters. The molecule has 5 rings (SSSR count). The van der Waals surface area contributed by atoms with E-state index in [2.05, 4.69) is 28.2 Å². The summed E-state index contributed by atoms with van der Waals surface area (Å²) in [7, 11) is 0. The lowest BCUT2D eigenvalue weighted by Gasteiger charge is -2.34. The zero-order valence-electron chi connectivity index (χ0n) is 16.7. The van der Waals surface area contributed by atoms with E-state index in [-0.39, 0.29) is 11.9 Å². The number of para-hydroxylation sites is 1. The third-order valence-electron chi connectivity index (χ3n) is 5.54. The second-order valence-corrected chi connectivity index (χ2v) is 9.79. The third-order valence-corrected chi connectivity index (χ3v) is 7.67. The topological polar surface area (TPSA) is 50.5 Å². The number of fused-ring (bicyclic) bond motifs is 2. The Kier molecular flexibility index (Phi) is 5.73. The number of thioether (sulfide) groups is 1. The molecule has 4 aromatic rings. The maximum atomic E-state index is 13.0. The molecular weight excluding hydrogens is 412 g/mol. The van der Waals surface area contributed by atoms with Gasteiger partial charge in [-0.15, -0.1) is 11.3 Å². The number of rotatable bonds is 6. The molecule has 3 aromatic heterocycles. The number of aromatic nitrogens is 3. The minimum absolute atomic E-state index is 0.132. The first-order chi connectivity index (χ1) is 14.8. The molecule has 1 saturated heterocycles. The minimum Gasteiger partial charge on any atom is -0.333 e. The van der Waals surface area contributed by atoms with Crippen LogP contribution in [0.1, 0.15) is 42.4 Å². The van der Waals surface area contributed by atoms with Gasteiger partial charge in [0.05, 0.1) is 22.0 Å². The summed E-state index contributed by atoms with van der Waals surface area (Å²) < 4.78 is 3.24. The van der Waals surface area contributed by atoms with Crippen LogP contribution in [0.2, 0.25) is 0 Å². The molecule has 5 nitrogen and oxygen atoms in total. The van der Waals surface area contributed by atoms with Gasteiger partial charge < -0.3 is 9.30 Å². The minimum atomic E-state index is 0.132. The zero-order valence-corrected chi connectivity index (χ0v) is 18.4. The average Bonchev–Trinajstić information content (AvgIpc) is 3.40. The van der Waals surface area contributed by atoms with Crippen molar-refractivity contribution in [2.45, 2.75) is 37.5 Å². The highest BCUT2D eigenvalue weighted by molar-refractivity contribution is 7.98. The van der Waals surface area contributed by atoms with E-state index in [1.165, 1.54) is 4.70 Å². The van der Waals surface area contributed by atoms with Gasteiger partial charge in [-0.25, -0.2) is 9.97 Å². The van der Waals surface area contributed by atoms with Crippen LogP contribution in [0, 0.1) is 0 Å². The molecule has 0 aliphatic carbocycles. The number of carbonyl (C=O) groups excluding carboxylic acids is 1. The van der Waals surface area contributed by atoms with Gasteiger partial charge in [0.2, 0.25) is 5.91 Å². The number of amides is 1. The summed E-state index contributed by atoms with van der Waals surface area (Å²) >= 11 is 3.51. The molecule has 1 aliphatic rings. The Bertz CT molecular complexity index is 1100. The molecular formula is C23H24N4OS2. The van der Waals surface area contributed by atoms with Crippen LogP contribution in [0.3, 0.4) is 0 Å². The number of carbonyl (C=O) groups is 1. The number of pyridine rings is 1. The van der Waals surface area contributed by atoms with Crippen molar-refractivity contribution in [3.63, 3.8) is 0 Å². The second-order valence-electron chi connectivity index (χ2n) is 7.62. The van der Waals surface area contributed by atoms with Gasteiger partial charge in [0, 0.05) is 36.9 Å². The Morgan fingerprint density at radius 2 is 2.03 bits per heavy atom. The molecule has 1 aliphatic heterocycles. The third kappa shape index (κ3) is 4.09. The largest absolute Gasteiger partial charge is 0.333 e. The summed E-state index contributed by atoms with van der Waals surface area (Å²) in [4.78, 5) is 24.6. The van der Waals surface area contributed by atoms with Crippen LogP contribution in [-0.4, -0.2) is 37.5 Å². The molecule has 0 bridgehead atoms. The molecule has 7 heteroatoms. The molecule has 0 radical (unpaired) electrons. The number of hydrogen-bond acceptors (Lipinski definition) is 5. The van der Waals surface area contributed by atoms with Crippen LogP contribution in [0.5, 0.6) is 0 Å². The number of likely N-dealkylation sites (tertiary alicyclic amines) is 1. The first-order valence-corrected chi connectivity index (χ1v) is 12.4. The fourth-order valence-electron chi connectivity index (χ4n) is 4.06. The Morgan fingerprint density at radius 3 is 2.93 bits per heavy atom. The zero-order chi connectivity index (χ0) is 20.3. The van der Waals surface area contributed by atoms with Gasteiger partial charge in [-0.05, 0) is 43.5 Å². The van der Waals surface area contributed by atoms with Gasteiger partial charge >= 0.3 is 0 Å². The second kappa shape index (κ2) is 8.78. The van der Waals surface area contributed by atoms with Crippen molar-refractivity contribution in [2.75, 3.05) is 12.3 Å². The Balaban J connectivity index is 1.19. The SMILES string of the molecule is O=C(CCSCc1cn2ccccc2n1)N1CCCC[C@H]1c1nc2ccccc2s1. The number of thiazole rings is 1. The quantitative estimate of drug-likeness (QED) is 0.384. The van der Waals surface area contributed by atoms with E-state index in [1.807, 2.05) is 40.9 Å². The highest BCUT2D eigenvalue weighted by Gasteiger charge is 2.29. The van der Waals surface area contributed by atoms with Gasteiger partial charge in [-0.1, -0.05) is 18.2 Å². The van der Waals surface area contributed by atoms with E-state index in [9.17, 15) is 4.79 Å². The van der Waals surface area contributed by atoms with E-state index in [0.29, 0.717) is 6.42 Å². The molecule has 0 saturated carbocycles. The van der Waals surface area contributed by atoms with Crippen LogP contribution in [-0.2, 0) is 10.5 Å². The molecule has 1 atom stereocenters. The fourth-order valence-corrected chi connectivity index (χ4v) is 5.98. The van der Waals surface area contributed by atoms with Crippen molar-refractivity contribution in [3.8, 4) is 0 Å². The first-order valence-electron chi connectivity index (χ1n) is 10.4. The van der Waals surface area contributed by atoms with Gasteiger partial charge in [-0.3, -0.25) is 4.79 Å². The van der Waals surface area contributed by atoms with Crippen molar-refractivity contribution >= 4 is 44.9 Å². The predicted octanol–water partition coefficient (Wildman–Crippen LogP) is 5.32. The average molecular weight is 437 g/mol. The van der Waals surface area contributed by atoms with Gasteiger partial charge in [-0.2, -0.15) is 11.8 Å². The summed E-state index contributed by atoms with van der Waals surface area (Å²) in [6.07, 6.45) is 7.91. The van der Waals surface area contributed by atoms with Crippen LogP contribution >= 0.6 is 23.1 Å². The molecule has 154 valence electrons. The van der Waals surface area contributed by atoms with E-state index >= 15 is 0 Å². The summed E-state index contributed by atoms with van der Waals surface area (Å²) in [5.41, 5.74) is 3.07. The molecule has 4 heterocycles. The molecule has 1 fully saturated rings. The maximum absolute atomic E-state index is 13.0. The molecule has 1 aromatic carbocycles. The van der Waals surface area contributed by atoms with Gasteiger partial charge in [0.25, 0.3) is 0 Å².